The van der Waals surface area contributed by atoms with Gasteiger partial charge in [-0.3, -0.25) is 4.79 Å². The first-order valence-corrected chi connectivity index (χ1v) is 12.2. The average Bonchev–Trinajstić information content (AvgIpc) is 3.45. The number of furan rings is 1. The van der Waals surface area contributed by atoms with E-state index in [1.165, 1.54) is 5.56 Å². The minimum absolute atomic E-state index is 0.113. The number of nitrogens with one attached hydrogen (secondary N) is 1. The summed E-state index contributed by atoms with van der Waals surface area (Å²) in [6.07, 6.45) is -0.782. The van der Waals surface area contributed by atoms with E-state index >= 15 is 0 Å². The summed E-state index contributed by atoms with van der Waals surface area (Å²) in [5, 5.41) is 18.7. The van der Waals surface area contributed by atoms with Crippen molar-refractivity contribution >= 4 is 16.9 Å². The fourth-order valence-electron chi connectivity index (χ4n) is 4.74. The second kappa shape index (κ2) is 10.1. The maximum Gasteiger partial charge on any atom is 0.225 e. The van der Waals surface area contributed by atoms with Crippen LogP contribution in [0.1, 0.15) is 56.7 Å². The molecule has 6 nitrogen and oxygen atoms in total. The van der Waals surface area contributed by atoms with E-state index in [1.54, 1.807) is 19.9 Å². The van der Waals surface area contributed by atoms with Gasteiger partial charge in [0.25, 0.3) is 0 Å². The van der Waals surface area contributed by atoms with Gasteiger partial charge in [0.2, 0.25) is 5.91 Å². The Morgan fingerprint density at radius 1 is 0.973 bits per heavy atom. The third kappa shape index (κ3) is 5.06. The van der Waals surface area contributed by atoms with Crippen LogP contribution in [-0.2, 0) is 11.2 Å². The molecule has 0 aliphatic heterocycles. The monoisotopic (exact) mass is 493 g/mol. The molecule has 0 bridgehead atoms. The van der Waals surface area contributed by atoms with Crippen LogP contribution >= 0.6 is 0 Å². The number of hydrogen-bond donors (Lipinski definition) is 2. The van der Waals surface area contributed by atoms with Gasteiger partial charge >= 0.3 is 0 Å². The number of aliphatic hydroxyl groups is 1. The molecule has 3 aromatic carbocycles. The van der Waals surface area contributed by atoms with Gasteiger partial charge in [-0.2, -0.15) is 0 Å². The number of hydrogen-bond acceptors (Lipinski definition) is 5. The SMILES string of the molecule is Cc1ccc([C](NC(=O)Cc2ccc3oc([C@H](O)c4c(C)noc4C)cc3c2)c2ccccc2)c(C)c1. The molecule has 2 N–H and O–H groups in total. The molecular weight excluding hydrogens is 464 g/mol. The predicted molar refractivity (Wildman–Crippen MR) is 142 cm³/mol. The Kier molecular flexibility index (Phi) is 6.68. The second-order valence-corrected chi connectivity index (χ2v) is 9.45. The van der Waals surface area contributed by atoms with E-state index in [0.717, 1.165) is 33.7 Å². The zero-order valence-electron chi connectivity index (χ0n) is 21.3. The highest BCUT2D eigenvalue weighted by Crippen LogP contribution is 2.32. The lowest BCUT2D eigenvalue weighted by molar-refractivity contribution is -0.120. The van der Waals surface area contributed by atoms with E-state index < -0.39 is 6.10 Å². The Morgan fingerprint density at radius 3 is 2.46 bits per heavy atom. The first-order valence-electron chi connectivity index (χ1n) is 12.2. The standard InChI is InChI=1S/C31H29N2O4/c1-18-10-12-25(19(2)14-18)30(23-8-6-5-7-9-23)32-28(34)16-22-11-13-26-24(15-22)17-27(36-26)31(35)29-20(3)33-37-21(29)4/h5-15,17,31,35H,16H2,1-4H3,(H,32,34)/t31-/m0/s1. The molecule has 5 aromatic rings. The van der Waals surface area contributed by atoms with Crippen molar-refractivity contribution in [1.29, 1.82) is 0 Å². The van der Waals surface area contributed by atoms with E-state index in [4.69, 9.17) is 8.94 Å². The third-order valence-corrected chi connectivity index (χ3v) is 6.57. The van der Waals surface area contributed by atoms with Gasteiger partial charge in [0.05, 0.1) is 17.7 Å². The van der Waals surface area contributed by atoms with Crippen molar-refractivity contribution in [2.45, 2.75) is 40.2 Å². The number of amides is 1. The summed E-state index contributed by atoms with van der Waals surface area (Å²) in [7, 11) is 0. The molecule has 2 heterocycles. The van der Waals surface area contributed by atoms with E-state index in [2.05, 4.69) is 42.5 Å². The highest BCUT2D eigenvalue weighted by atomic mass is 16.5. The average molecular weight is 494 g/mol. The van der Waals surface area contributed by atoms with Crippen LogP contribution in [0.2, 0.25) is 0 Å². The third-order valence-electron chi connectivity index (χ3n) is 6.57. The lowest BCUT2D eigenvalue weighted by Crippen LogP contribution is -2.31. The number of aromatic nitrogens is 1. The van der Waals surface area contributed by atoms with Crippen molar-refractivity contribution < 1.29 is 18.8 Å². The summed E-state index contributed by atoms with van der Waals surface area (Å²) in [5.74, 6) is 0.843. The number of benzene rings is 3. The summed E-state index contributed by atoms with van der Waals surface area (Å²) in [6.45, 7) is 7.66. The molecule has 1 radical (unpaired) electrons. The molecule has 6 heteroatoms. The summed E-state index contributed by atoms with van der Waals surface area (Å²) < 4.78 is 11.1. The van der Waals surface area contributed by atoms with Crippen LogP contribution in [0.4, 0.5) is 0 Å². The van der Waals surface area contributed by atoms with Crippen LogP contribution in [0.5, 0.6) is 0 Å². The first-order chi connectivity index (χ1) is 17.8. The van der Waals surface area contributed by atoms with Crippen LogP contribution in [-0.4, -0.2) is 16.2 Å². The molecule has 0 unspecified atom stereocenters. The fourth-order valence-corrected chi connectivity index (χ4v) is 4.74. The lowest BCUT2D eigenvalue weighted by Gasteiger charge is -2.21. The molecule has 0 aliphatic carbocycles. The smallest absolute Gasteiger partial charge is 0.225 e. The van der Waals surface area contributed by atoms with E-state index in [0.29, 0.717) is 28.4 Å². The Hall–Kier alpha value is -4.16. The van der Waals surface area contributed by atoms with Crippen molar-refractivity contribution in [3.63, 3.8) is 0 Å². The second-order valence-electron chi connectivity index (χ2n) is 9.45. The fraction of sp³-hybridized carbons (Fsp3) is 0.194. The zero-order chi connectivity index (χ0) is 26.1. The number of fused-ring (bicyclic) bond motifs is 1. The molecule has 37 heavy (non-hydrogen) atoms. The Balaban J connectivity index is 1.37. The van der Waals surface area contributed by atoms with Crippen LogP contribution in [0.15, 0.2) is 81.7 Å². The van der Waals surface area contributed by atoms with Crippen molar-refractivity contribution in [2.75, 3.05) is 0 Å². The zero-order valence-corrected chi connectivity index (χ0v) is 21.3. The molecular formula is C31H29N2O4. The van der Waals surface area contributed by atoms with E-state index in [9.17, 15) is 9.90 Å². The number of carbonyl (C=O) groups excluding carboxylic acids is 1. The number of carbonyl (C=O) groups is 1. The maximum absolute atomic E-state index is 13.2. The molecule has 1 amide bonds. The Morgan fingerprint density at radius 2 is 1.76 bits per heavy atom. The van der Waals surface area contributed by atoms with Crippen molar-refractivity contribution in [3.05, 3.63) is 129 Å². The van der Waals surface area contributed by atoms with Gasteiger partial charge in [-0.15, -0.1) is 0 Å². The van der Waals surface area contributed by atoms with Crippen LogP contribution in [0.3, 0.4) is 0 Å². The normalized spacial score (nSPS) is 12.3. The quantitative estimate of drug-likeness (QED) is 0.289. The molecule has 0 saturated heterocycles. The summed E-state index contributed by atoms with van der Waals surface area (Å²) in [5.41, 5.74) is 6.93. The van der Waals surface area contributed by atoms with Crippen molar-refractivity contribution in [1.82, 2.24) is 10.5 Å². The minimum Gasteiger partial charge on any atom is -0.458 e. The minimum atomic E-state index is -0.980. The van der Waals surface area contributed by atoms with Crippen molar-refractivity contribution in [2.24, 2.45) is 0 Å². The molecule has 5 rings (SSSR count). The molecule has 0 spiro atoms. The molecule has 1 atom stereocenters. The topological polar surface area (TPSA) is 88.5 Å². The molecule has 2 aromatic heterocycles. The van der Waals surface area contributed by atoms with Gasteiger partial charge < -0.3 is 19.4 Å². The largest absolute Gasteiger partial charge is 0.458 e. The van der Waals surface area contributed by atoms with Gasteiger partial charge in [0.15, 0.2) is 0 Å². The number of rotatable bonds is 7. The van der Waals surface area contributed by atoms with Crippen LogP contribution < -0.4 is 5.32 Å². The Labute approximate surface area is 215 Å². The number of aliphatic hydroxyl groups excluding tert-OH is 1. The predicted octanol–water partition coefficient (Wildman–Crippen LogP) is 6.02. The maximum atomic E-state index is 13.2. The van der Waals surface area contributed by atoms with Gasteiger partial charge in [0, 0.05) is 5.39 Å². The molecule has 187 valence electrons. The summed E-state index contributed by atoms with van der Waals surface area (Å²) in [4.78, 5) is 13.2. The van der Waals surface area contributed by atoms with Gasteiger partial charge in [0.1, 0.15) is 29.2 Å². The van der Waals surface area contributed by atoms with Crippen LogP contribution in [0, 0.1) is 33.7 Å². The van der Waals surface area contributed by atoms with Gasteiger partial charge in [-0.05, 0) is 68.1 Å². The van der Waals surface area contributed by atoms with Gasteiger partial charge in [-0.1, -0.05) is 65.3 Å². The summed E-state index contributed by atoms with van der Waals surface area (Å²) >= 11 is 0. The number of nitrogens with zero attached hydrogens (tertiary/aromatic N) is 1. The summed E-state index contributed by atoms with van der Waals surface area (Å²) in [6, 6.07) is 24.3. The molecule has 0 saturated carbocycles. The first kappa shape index (κ1) is 24.5. The van der Waals surface area contributed by atoms with Crippen molar-refractivity contribution in [3.8, 4) is 0 Å². The number of aryl methyl sites for hydroxylation is 4. The Bertz CT molecular complexity index is 1550. The molecule has 0 fully saturated rings. The highest BCUT2D eigenvalue weighted by Gasteiger charge is 2.24. The van der Waals surface area contributed by atoms with E-state index in [-0.39, 0.29) is 12.3 Å². The highest BCUT2D eigenvalue weighted by molar-refractivity contribution is 5.84. The lowest BCUT2D eigenvalue weighted by atomic mass is 9.93. The molecule has 0 aliphatic rings. The van der Waals surface area contributed by atoms with Gasteiger partial charge in [-0.25, -0.2) is 0 Å². The van der Waals surface area contributed by atoms with Crippen LogP contribution in [0.25, 0.3) is 11.0 Å². The van der Waals surface area contributed by atoms with E-state index in [1.807, 2.05) is 48.5 Å².